The Morgan fingerprint density at radius 3 is 2.39 bits per heavy atom. The minimum atomic E-state index is -0.0375. The zero-order chi connectivity index (χ0) is 16.7. The molecule has 2 N–H and O–H groups in total. The van der Waals surface area contributed by atoms with E-state index in [-0.39, 0.29) is 11.7 Å². The molecule has 1 amide bonds. The average molecular weight is 310 g/mol. The lowest BCUT2D eigenvalue weighted by atomic mass is 10.1. The standard InChI is InChI=1S/C19H22N2O2/c1-3-15-7-9-17(10-8-15)21-19(23)11-12-20-18-6-4-5-16(13-18)14(2)22/h4-10,13,20H,3,11-12H2,1-2H3,(H,21,23). The first kappa shape index (κ1) is 16.7. The van der Waals surface area contributed by atoms with Crippen molar-refractivity contribution in [2.75, 3.05) is 17.2 Å². The number of benzene rings is 2. The van der Waals surface area contributed by atoms with Gasteiger partial charge in [-0.1, -0.05) is 31.2 Å². The summed E-state index contributed by atoms with van der Waals surface area (Å²) < 4.78 is 0. The molecule has 2 aromatic rings. The first-order valence-corrected chi connectivity index (χ1v) is 7.82. The molecule has 0 bridgehead atoms. The van der Waals surface area contributed by atoms with Crippen LogP contribution < -0.4 is 10.6 Å². The van der Waals surface area contributed by atoms with Crippen LogP contribution in [0.15, 0.2) is 48.5 Å². The summed E-state index contributed by atoms with van der Waals surface area (Å²) >= 11 is 0. The Balaban J connectivity index is 1.80. The molecule has 0 fully saturated rings. The topological polar surface area (TPSA) is 58.2 Å². The number of nitrogens with one attached hydrogen (secondary N) is 2. The van der Waals surface area contributed by atoms with E-state index in [1.54, 1.807) is 12.1 Å². The highest BCUT2D eigenvalue weighted by Crippen LogP contribution is 2.12. The van der Waals surface area contributed by atoms with Crippen LogP contribution in [0.3, 0.4) is 0 Å². The summed E-state index contributed by atoms with van der Waals surface area (Å²) in [7, 11) is 0. The summed E-state index contributed by atoms with van der Waals surface area (Å²) in [6, 6.07) is 15.1. The second kappa shape index (κ2) is 8.13. The zero-order valence-electron chi connectivity index (χ0n) is 13.6. The fourth-order valence-electron chi connectivity index (χ4n) is 2.22. The predicted molar refractivity (Wildman–Crippen MR) is 94.0 cm³/mol. The summed E-state index contributed by atoms with van der Waals surface area (Å²) in [5.41, 5.74) is 3.56. The second-order valence-corrected chi connectivity index (χ2v) is 5.41. The van der Waals surface area contributed by atoms with Crippen molar-refractivity contribution >= 4 is 23.1 Å². The van der Waals surface area contributed by atoms with Crippen LogP contribution in [0.2, 0.25) is 0 Å². The van der Waals surface area contributed by atoms with E-state index in [9.17, 15) is 9.59 Å². The summed E-state index contributed by atoms with van der Waals surface area (Å²) in [5.74, 6) is -0.00797. The maximum Gasteiger partial charge on any atom is 0.226 e. The summed E-state index contributed by atoms with van der Waals surface area (Å²) in [6.45, 7) is 4.15. The smallest absolute Gasteiger partial charge is 0.226 e. The Bertz CT molecular complexity index is 678. The van der Waals surface area contributed by atoms with Crippen molar-refractivity contribution < 1.29 is 9.59 Å². The van der Waals surface area contributed by atoms with Gasteiger partial charge in [0.25, 0.3) is 0 Å². The molecule has 0 heterocycles. The molecule has 4 nitrogen and oxygen atoms in total. The minimum absolute atomic E-state index is 0.0296. The van der Waals surface area contributed by atoms with Crippen molar-refractivity contribution in [2.45, 2.75) is 26.7 Å². The SMILES string of the molecule is CCc1ccc(NC(=O)CCNc2cccc(C(C)=O)c2)cc1. The van der Waals surface area contributed by atoms with Crippen molar-refractivity contribution in [3.05, 3.63) is 59.7 Å². The molecule has 0 radical (unpaired) electrons. The number of Topliss-reactive ketones (excluding diaryl/α,β-unsaturated/α-hetero) is 1. The third-order valence-electron chi connectivity index (χ3n) is 3.60. The maximum absolute atomic E-state index is 11.9. The summed E-state index contributed by atoms with van der Waals surface area (Å²) in [5, 5.41) is 6.04. The van der Waals surface area contributed by atoms with E-state index in [4.69, 9.17) is 0 Å². The predicted octanol–water partition coefficient (Wildman–Crippen LogP) is 3.89. The van der Waals surface area contributed by atoms with Crippen LogP contribution in [0, 0.1) is 0 Å². The molecule has 2 aromatic carbocycles. The van der Waals surface area contributed by atoms with Crippen molar-refractivity contribution in [3.8, 4) is 0 Å². The average Bonchev–Trinajstić information content (AvgIpc) is 2.56. The lowest BCUT2D eigenvalue weighted by Gasteiger charge is -2.09. The molecule has 4 heteroatoms. The number of rotatable bonds is 7. The number of carbonyl (C=O) groups excluding carboxylic acids is 2. The van der Waals surface area contributed by atoms with Gasteiger partial charge in [-0.3, -0.25) is 9.59 Å². The van der Waals surface area contributed by atoms with Gasteiger partial charge in [-0.15, -0.1) is 0 Å². The van der Waals surface area contributed by atoms with Gasteiger partial charge in [0.2, 0.25) is 5.91 Å². The van der Waals surface area contributed by atoms with Crippen molar-refractivity contribution in [1.82, 2.24) is 0 Å². The molecule has 120 valence electrons. The van der Waals surface area contributed by atoms with Crippen LogP contribution in [0.25, 0.3) is 0 Å². The monoisotopic (exact) mass is 310 g/mol. The third kappa shape index (κ3) is 5.25. The first-order chi connectivity index (χ1) is 11.1. The Labute approximate surface area is 136 Å². The van der Waals surface area contributed by atoms with Crippen LogP contribution in [0.5, 0.6) is 0 Å². The van der Waals surface area contributed by atoms with Gasteiger partial charge in [-0.05, 0) is 43.2 Å². The Hall–Kier alpha value is -2.62. The Kier molecular flexibility index (Phi) is 5.92. The van der Waals surface area contributed by atoms with E-state index in [1.807, 2.05) is 36.4 Å². The van der Waals surface area contributed by atoms with E-state index >= 15 is 0 Å². The Morgan fingerprint density at radius 1 is 1.00 bits per heavy atom. The van der Waals surface area contributed by atoms with E-state index in [0.717, 1.165) is 17.8 Å². The van der Waals surface area contributed by atoms with E-state index < -0.39 is 0 Å². The molecule has 0 aliphatic carbocycles. The molecule has 0 aliphatic heterocycles. The zero-order valence-corrected chi connectivity index (χ0v) is 13.6. The van der Waals surface area contributed by atoms with Gasteiger partial charge in [-0.25, -0.2) is 0 Å². The maximum atomic E-state index is 11.9. The normalized spacial score (nSPS) is 10.2. The molecular formula is C19H22N2O2. The van der Waals surface area contributed by atoms with Crippen LogP contribution in [0.1, 0.15) is 36.2 Å². The fourth-order valence-corrected chi connectivity index (χ4v) is 2.22. The molecule has 0 aliphatic rings. The summed E-state index contributed by atoms with van der Waals surface area (Å²) in [6.07, 6.45) is 1.34. The molecule has 0 atom stereocenters. The fraction of sp³-hybridized carbons (Fsp3) is 0.263. The lowest BCUT2D eigenvalue weighted by molar-refractivity contribution is -0.115. The highest BCUT2D eigenvalue weighted by molar-refractivity contribution is 5.95. The molecular weight excluding hydrogens is 288 g/mol. The van der Waals surface area contributed by atoms with Gasteiger partial charge < -0.3 is 10.6 Å². The van der Waals surface area contributed by atoms with E-state index in [0.29, 0.717) is 18.5 Å². The first-order valence-electron chi connectivity index (χ1n) is 7.82. The van der Waals surface area contributed by atoms with Gasteiger partial charge in [0, 0.05) is 29.9 Å². The molecule has 0 saturated carbocycles. The van der Waals surface area contributed by atoms with Gasteiger partial charge >= 0.3 is 0 Å². The number of ketones is 1. The van der Waals surface area contributed by atoms with E-state index in [2.05, 4.69) is 17.6 Å². The van der Waals surface area contributed by atoms with Crippen LogP contribution in [-0.2, 0) is 11.2 Å². The highest BCUT2D eigenvalue weighted by Gasteiger charge is 2.04. The number of anilines is 2. The second-order valence-electron chi connectivity index (χ2n) is 5.41. The van der Waals surface area contributed by atoms with Gasteiger partial charge in [0.05, 0.1) is 0 Å². The highest BCUT2D eigenvalue weighted by atomic mass is 16.1. The quantitative estimate of drug-likeness (QED) is 0.763. The molecule has 0 saturated heterocycles. The molecule has 0 aromatic heterocycles. The summed E-state index contributed by atoms with van der Waals surface area (Å²) in [4.78, 5) is 23.3. The number of aryl methyl sites for hydroxylation is 1. The molecule has 23 heavy (non-hydrogen) atoms. The number of hydrogen-bond acceptors (Lipinski definition) is 3. The van der Waals surface area contributed by atoms with Crippen molar-refractivity contribution in [2.24, 2.45) is 0 Å². The lowest BCUT2D eigenvalue weighted by Crippen LogP contribution is -2.16. The van der Waals surface area contributed by atoms with Crippen LogP contribution >= 0.6 is 0 Å². The van der Waals surface area contributed by atoms with Crippen LogP contribution in [0.4, 0.5) is 11.4 Å². The van der Waals surface area contributed by atoms with Gasteiger partial charge in [0.1, 0.15) is 0 Å². The molecule has 2 rings (SSSR count). The Morgan fingerprint density at radius 2 is 1.74 bits per heavy atom. The number of carbonyl (C=O) groups is 2. The van der Waals surface area contributed by atoms with Crippen molar-refractivity contribution in [3.63, 3.8) is 0 Å². The molecule has 0 spiro atoms. The number of hydrogen-bond donors (Lipinski definition) is 2. The van der Waals surface area contributed by atoms with Crippen molar-refractivity contribution in [1.29, 1.82) is 0 Å². The number of amides is 1. The van der Waals surface area contributed by atoms with Gasteiger partial charge in [0.15, 0.2) is 5.78 Å². The minimum Gasteiger partial charge on any atom is -0.385 e. The van der Waals surface area contributed by atoms with Gasteiger partial charge in [-0.2, -0.15) is 0 Å². The molecule has 0 unspecified atom stereocenters. The van der Waals surface area contributed by atoms with Crippen LogP contribution in [-0.4, -0.2) is 18.2 Å². The van der Waals surface area contributed by atoms with E-state index in [1.165, 1.54) is 12.5 Å². The third-order valence-corrected chi connectivity index (χ3v) is 3.60. The largest absolute Gasteiger partial charge is 0.385 e.